The Morgan fingerprint density at radius 1 is 1.40 bits per heavy atom. The van der Waals surface area contributed by atoms with Gasteiger partial charge in [0.2, 0.25) is 0 Å². The number of hydrogen-bond donors (Lipinski definition) is 0. The SMILES string of the molecule is CCC1[CH-]CC(C)C1.[Y].[Y]. The summed E-state index contributed by atoms with van der Waals surface area (Å²) in [5.41, 5.74) is 0. The maximum absolute atomic E-state index is 2.48. The molecule has 0 amide bonds. The molecule has 0 nitrogen and oxygen atoms in total. The molecule has 1 fully saturated rings. The third-order valence-corrected chi connectivity index (χ3v) is 2.10. The first-order chi connectivity index (χ1) is 3.83. The van der Waals surface area contributed by atoms with Gasteiger partial charge in [-0.1, -0.05) is 32.6 Å². The Kier molecular flexibility index (Phi) is 11.5. The van der Waals surface area contributed by atoms with Gasteiger partial charge in [-0.3, -0.25) is 0 Å². The van der Waals surface area contributed by atoms with Crippen LogP contribution in [0.3, 0.4) is 0 Å². The Balaban J connectivity index is 0. The van der Waals surface area contributed by atoms with E-state index in [1.807, 2.05) is 0 Å². The summed E-state index contributed by atoms with van der Waals surface area (Å²) in [5.74, 6) is 1.92. The van der Waals surface area contributed by atoms with E-state index in [0.29, 0.717) is 0 Å². The molecule has 0 spiro atoms. The molecule has 1 aliphatic carbocycles. The molecule has 0 aliphatic heterocycles. The summed E-state index contributed by atoms with van der Waals surface area (Å²) in [6.45, 7) is 4.62. The van der Waals surface area contributed by atoms with Gasteiger partial charge in [0.15, 0.2) is 0 Å². The molecule has 2 heteroatoms. The van der Waals surface area contributed by atoms with Gasteiger partial charge < -0.3 is 6.42 Å². The van der Waals surface area contributed by atoms with Gasteiger partial charge in [-0.2, -0.15) is 12.3 Å². The van der Waals surface area contributed by atoms with Gasteiger partial charge in [-0.15, -0.1) is 0 Å². The van der Waals surface area contributed by atoms with Crippen molar-refractivity contribution < 1.29 is 65.4 Å². The fraction of sp³-hybridized carbons (Fsp3) is 0.875. The summed E-state index contributed by atoms with van der Waals surface area (Å²) in [7, 11) is 0. The summed E-state index contributed by atoms with van der Waals surface area (Å²) >= 11 is 0. The molecule has 0 aromatic carbocycles. The van der Waals surface area contributed by atoms with Gasteiger partial charge in [0, 0.05) is 65.4 Å². The molecular weight excluding hydrogens is 274 g/mol. The zero-order valence-electron chi connectivity index (χ0n) is 7.01. The second-order valence-corrected chi connectivity index (χ2v) is 2.98. The molecular formula is C8H15Y2-. The van der Waals surface area contributed by atoms with E-state index >= 15 is 0 Å². The van der Waals surface area contributed by atoms with E-state index in [1.54, 1.807) is 0 Å². The second-order valence-electron chi connectivity index (χ2n) is 2.98. The maximum atomic E-state index is 2.48. The van der Waals surface area contributed by atoms with Crippen LogP contribution in [0.4, 0.5) is 0 Å². The largest absolute Gasteiger partial charge is 0.325 e. The Labute approximate surface area is 115 Å². The van der Waals surface area contributed by atoms with Gasteiger partial charge in [-0.25, -0.2) is 0 Å². The molecule has 2 radical (unpaired) electrons. The van der Waals surface area contributed by atoms with Gasteiger partial charge in [0.25, 0.3) is 0 Å². The average Bonchev–Trinajstić information content (AvgIpc) is 2.14. The Bertz CT molecular complexity index is 73.7. The fourth-order valence-corrected chi connectivity index (χ4v) is 1.47. The van der Waals surface area contributed by atoms with Crippen molar-refractivity contribution in [2.45, 2.75) is 33.1 Å². The first kappa shape index (κ1) is 14.7. The van der Waals surface area contributed by atoms with E-state index < -0.39 is 0 Å². The zero-order valence-corrected chi connectivity index (χ0v) is 12.7. The van der Waals surface area contributed by atoms with Gasteiger partial charge in [0.05, 0.1) is 0 Å². The first-order valence-corrected chi connectivity index (χ1v) is 3.66. The van der Waals surface area contributed by atoms with Crippen LogP contribution >= 0.6 is 0 Å². The normalized spacial score (nSPS) is 30.6. The van der Waals surface area contributed by atoms with Crippen molar-refractivity contribution in [3.8, 4) is 0 Å². The van der Waals surface area contributed by atoms with Crippen LogP contribution in [0.2, 0.25) is 0 Å². The maximum Gasteiger partial charge on any atom is 0 e. The van der Waals surface area contributed by atoms with Crippen LogP contribution in [0, 0.1) is 18.3 Å². The molecule has 2 atom stereocenters. The predicted molar refractivity (Wildman–Crippen MR) is 36.5 cm³/mol. The number of rotatable bonds is 1. The van der Waals surface area contributed by atoms with Crippen LogP contribution in [0.5, 0.6) is 0 Å². The molecule has 0 N–H and O–H groups in total. The Morgan fingerprint density at radius 2 is 2.00 bits per heavy atom. The second kappa shape index (κ2) is 7.84. The van der Waals surface area contributed by atoms with Crippen LogP contribution in [0.1, 0.15) is 33.1 Å². The van der Waals surface area contributed by atoms with E-state index in [9.17, 15) is 0 Å². The molecule has 10 heavy (non-hydrogen) atoms. The van der Waals surface area contributed by atoms with Crippen molar-refractivity contribution in [1.82, 2.24) is 0 Å². The Morgan fingerprint density at radius 3 is 2.20 bits per heavy atom. The van der Waals surface area contributed by atoms with E-state index in [4.69, 9.17) is 0 Å². The van der Waals surface area contributed by atoms with Crippen LogP contribution in [0.25, 0.3) is 0 Å². The first-order valence-electron chi connectivity index (χ1n) is 3.66. The third kappa shape index (κ3) is 4.96. The van der Waals surface area contributed by atoms with Crippen molar-refractivity contribution in [3.63, 3.8) is 0 Å². The quantitative estimate of drug-likeness (QED) is 0.651. The monoisotopic (exact) mass is 289 g/mol. The van der Waals surface area contributed by atoms with Crippen molar-refractivity contribution in [2.24, 2.45) is 11.8 Å². The average molecular weight is 289 g/mol. The van der Waals surface area contributed by atoms with Crippen molar-refractivity contribution in [3.05, 3.63) is 6.42 Å². The molecule has 54 valence electrons. The summed E-state index contributed by atoms with van der Waals surface area (Å²) in [6.07, 6.45) is 6.63. The molecule has 0 aromatic rings. The van der Waals surface area contributed by atoms with E-state index in [1.165, 1.54) is 19.3 Å². The molecule has 0 aromatic heterocycles. The van der Waals surface area contributed by atoms with Crippen molar-refractivity contribution >= 4 is 0 Å². The molecule has 0 saturated heterocycles. The molecule has 0 bridgehead atoms. The van der Waals surface area contributed by atoms with Crippen LogP contribution in [-0.4, -0.2) is 0 Å². The van der Waals surface area contributed by atoms with Crippen molar-refractivity contribution in [1.29, 1.82) is 0 Å². The molecule has 1 aliphatic rings. The minimum Gasteiger partial charge on any atom is -0.325 e. The smallest absolute Gasteiger partial charge is 0 e. The molecule has 2 unspecified atom stereocenters. The minimum absolute atomic E-state index is 0. The summed E-state index contributed by atoms with van der Waals surface area (Å²) < 4.78 is 0. The summed E-state index contributed by atoms with van der Waals surface area (Å²) in [5, 5.41) is 0. The summed E-state index contributed by atoms with van der Waals surface area (Å²) in [6, 6.07) is 0. The van der Waals surface area contributed by atoms with Crippen LogP contribution in [0.15, 0.2) is 0 Å². The molecule has 1 rings (SSSR count). The van der Waals surface area contributed by atoms with E-state index in [0.717, 1.165) is 11.8 Å². The standard InChI is InChI=1S/C8H15.2Y/c1-3-8-5-4-7(2)6-8;;/h5,7-8H,3-4,6H2,1-2H3;;/q-1;;. The molecule has 0 heterocycles. The van der Waals surface area contributed by atoms with Crippen LogP contribution in [-0.2, 0) is 65.4 Å². The van der Waals surface area contributed by atoms with Gasteiger partial charge in [-0.05, 0) is 0 Å². The van der Waals surface area contributed by atoms with E-state index in [-0.39, 0.29) is 65.4 Å². The summed E-state index contributed by atoms with van der Waals surface area (Å²) in [4.78, 5) is 0. The van der Waals surface area contributed by atoms with Gasteiger partial charge >= 0.3 is 0 Å². The topological polar surface area (TPSA) is 0 Å². The minimum atomic E-state index is 0. The van der Waals surface area contributed by atoms with Gasteiger partial charge in [0.1, 0.15) is 0 Å². The van der Waals surface area contributed by atoms with E-state index in [2.05, 4.69) is 20.3 Å². The van der Waals surface area contributed by atoms with Crippen molar-refractivity contribution in [2.75, 3.05) is 0 Å². The fourth-order valence-electron chi connectivity index (χ4n) is 1.47. The van der Waals surface area contributed by atoms with Crippen LogP contribution < -0.4 is 0 Å². The Hall–Kier alpha value is 2.21. The third-order valence-electron chi connectivity index (χ3n) is 2.10. The number of hydrogen-bond acceptors (Lipinski definition) is 0. The molecule has 1 saturated carbocycles. The predicted octanol–water partition coefficient (Wildman–Crippen LogP) is 2.64. The zero-order chi connectivity index (χ0) is 5.98.